The molecule has 0 aliphatic rings. The first-order valence-corrected chi connectivity index (χ1v) is 4.29. The van der Waals surface area contributed by atoms with E-state index in [1.165, 1.54) is 0 Å². The lowest BCUT2D eigenvalue weighted by atomic mass is 10.5. The highest BCUT2D eigenvalue weighted by Gasteiger charge is 2.05. The molecule has 2 aromatic heterocycles. The Morgan fingerprint density at radius 3 is 2.92 bits per heavy atom. The summed E-state index contributed by atoms with van der Waals surface area (Å²) in [6.07, 6.45) is 5.20. The van der Waals surface area contributed by atoms with Crippen LogP contribution in [0.1, 0.15) is 5.69 Å². The molecule has 2 rings (SSSR count). The van der Waals surface area contributed by atoms with Crippen molar-refractivity contribution < 1.29 is 0 Å². The van der Waals surface area contributed by atoms with Crippen LogP contribution < -0.4 is 0 Å². The zero-order valence-corrected chi connectivity index (χ0v) is 7.81. The van der Waals surface area contributed by atoms with Gasteiger partial charge >= 0.3 is 0 Å². The third-order valence-electron chi connectivity index (χ3n) is 1.69. The van der Waals surface area contributed by atoms with Gasteiger partial charge in [0.1, 0.15) is 5.69 Å². The molecule has 2 heterocycles. The molecule has 68 valence electrons. The first kappa shape index (κ1) is 8.25. The third-order valence-corrected chi connectivity index (χ3v) is 1.97. The Morgan fingerprint density at radius 1 is 1.46 bits per heavy atom. The SMILES string of the molecule is Cn1cc(-n2nncc2CCl)cn1. The van der Waals surface area contributed by atoms with Crippen LogP contribution in [0.15, 0.2) is 18.6 Å². The Kier molecular flexibility index (Phi) is 2.02. The van der Waals surface area contributed by atoms with Crippen LogP contribution in [0.4, 0.5) is 0 Å². The van der Waals surface area contributed by atoms with Gasteiger partial charge in [-0.1, -0.05) is 5.21 Å². The van der Waals surface area contributed by atoms with E-state index >= 15 is 0 Å². The van der Waals surface area contributed by atoms with E-state index in [0.29, 0.717) is 5.88 Å². The summed E-state index contributed by atoms with van der Waals surface area (Å²) in [7, 11) is 1.85. The first-order valence-electron chi connectivity index (χ1n) is 3.76. The zero-order valence-electron chi connectivity index (χ0n) is 7.05. The molecule has 5 nitrogen and oxygen atoms in total. The van der Waals surface area contributed by atoms with E-state index in [-0.39, 0.29) is 0 Å². The second kappa shape index (κ2) is 3.18. The van der Waals surface area contributed by atoms with Crippen LogP contribution in [0.25, 0.3) is 5.69 Å². The van der Waals surface area contributed by atoms with Gasteiger partial charge in [0, 0.05) is 7.05 Å². The van der Waals surface area contributed by atoms with Crippen molar-refractivity contribution in [1.29, 1.82) is 0 Å². The lowest BCUT2D eigenvalue weighted by Crippen LogP contribution is -1.99. The lowest BCUT2D eigenvalue weighted by Gasteiger charge is -1.97. The smallest absolute Gasteiger partial charge is 0.105 e. The molecule has 13 heavy (non-hydrogen) atoms. The van der Waals surface area contributed by atoms with Crippen LogP contribution in [-0.4, -0.2) is 24.8 Å². The van der Waals surface area contributed by atoms with E-state index in [9.17, 15) is 0 Å². The van der Waals surface area contributed by atoms with Crippen molar-refractivity contribution in [1.82, 2.24) is 24.8 Å². The van der Waals surface area contributed by atoms with Crippen molar-refractivity contribution in [2.24, 2.45) is 7.05 Å². The molecule has 0 N–H and O–H groups in total. The van der Waals surface area contributed by atoms with Crippen molar-refractivity contribution in [2.75, 3.05) is 0 Å². The largest absolute Gasteiger partial charge is 0.274 e. The van der Waals surface area contributed by atoms with E-state index < -0.39 is 0 Å². The van der Waals surface area contributed by atoms with Gasteiger partial charge in [-0.25, -0.2) is 4.68 Å². The molecule has 0 aliphatic carbocycles. The molecule has 0 aliphatic heterocycles. The second-order valence-corrected chi connectivity index (χ2v) is 2.91. The number of hydrogen-bond acceptors (Lipinski definition) is 3. The highest BCUT2D eigenvalue weighted by Crippen LogP contribution is 2.09. The van der Waals surface area contributed by atoms with E-state index in [1.807, 2.05) is 13.2 Å². The number of alkyl halides is 1. The van der Waals surface area contributed by atoms with Gasteiger partial charge in [-0.05, 0) is 0 Å². The van der Waals surface area contributed by atoms with Crippen molar-refractivity contribution in [3.63, 3.8) is 0 Å². The average Bonchev–Trinajstić information content (AvgIpc) is 2.71. The summed E-state index contributed by atoms with van der Waals surface area (Å²) in [5.41, 5.74) is 1.73. The van der Waals surface area contributed by atoms with E-state index in [1.54, 1.807) is 21.8 Å². The van der Waals surface area contributed by atoms with Gasteiger partial charge < -0.3 is 0 Å². The summed E-state index contributed by atoms with van der Waals surface area (Å²) < 4.78 is 3.37. The highest BCUT2D eigenvalue weighted by molar-refractivity contribution is 6.16. The normalized spacial score (nSPS) is 10.6. The van der Waals surface area contributed by atoms with Crippen LogP contribution >= 0.6 is 11.6 Å². The molecular formula is C7H8ClN5. The molecule has 0 amide bonds. The van der Waals surface area contributed by atoms with Gasteiger partial charge in [0.2, 0.25) is 0 Å². The second-order valence-electron chi connectivity index (χ2n) is 2.64. The monoisotopic (exact) mass is 197 g/mol. The summed E-state index contributed by atoms with van der Waals surface area (Å²) in [5, 5.41) is 11.7. The molecule has 0 spiro atoms. The first-order chi connectivity index (χ1) is 6.31. The van der Waals surface area contributed by atoms with Crippen molar-refractivity contribution in [3.05, 3.63) is 24.3 Å². The highest BCUT2D eigenvalue weighted by atomic mass is 35.5. The molecule has 6 heteroatoms. The average molecular weight is 198 g/mol. The Hall–Kier alpha value is -1.36. The number of aromatic nitrogens is 5. The molecule has 2 aromatic rings. The fourth-order valence-electron chi connectivity index (χ4n) is 1.08. The minimum absolute atomic E-state index is 0.391. The van der Waals surface area contributed by atoms with E-state index in [0.717, 1.165) is 11.4 Å². The van der Waals surface area contributed by atoms with Crippen molar-refractivity contribution >= 4 is 11.6 Å². The van der Waals surface area contributed by atoms with E-state index in [2.05, 4.69) is 15.4 Å². The molecule has 0 saturated carbocycles. The maximum absolute atomic E-state index is 5.70. The quantitative estimate of drug-likeness (QED) is 0.668. The molecule has 0 bridgehead atoms. The third kappa shape index (κ3) is 1.42. The summed E-state index contributed by atoms with van der Waals surface area (Å²) in [6, 6.07) is 0. The van der Waals surface area contributed by atoms with Crippen LogP contribution in [0.3, 0.4) is 0 Å². The fourth-order valence-corrected chi connectivity index (χ4v) is 1.26. The Balaban J connectivity index is 2.45. The fraction of sp³-hybridized carbons (Fsp3) is 0.286. The summed E-state index contributed by atoms with van der Waals surface area (Å²) >= 11 is 5.70. The van der Waals surface area contributed by atoms with Crippen LogP contribution in [0.2, 0.25) is 0 Å². The standard InChI is InChI=1S/C7H8ClN5/c1-12-5-7(4-10-12)13-6(2-8)3-9-11-13/h3-5H,2H2,1H3. The Morgan fingerprint density at radius 2 is 2.31 bits per heavy atom. The van der Waals surface area contributed by atoms with Crippen LogP contribution in [-0.2, 0) is 12.9 Å². The number of halogens is 1. The van der Waals surface area contributed by atoms with Crippen LogP contribution in [0.5, 0.6) is 0 Å². The van der Waals surface area contributed by atoms with Gasteiger partial charge in [-0.3, -0.25) is 4.68 Å². The van der Waals surface area contributed by atoms with Gasteiger partial charge in [-0.2, -0.15) is 5.10 Å². The van der Waals surface area contributed by atoms with Crippen LogP contribution in [0, 0.1) is 0 Å². The number of hydrogen-bond donors (Lipinski definition) is 0. The number of nitrogens with zero attached hydrogens (tertiary/aromatic N) is 5. The maximum atomic E-state index is 5.70. The van der Waals surface area contributed by atoms with Crippen molar-refractivity contribution in [3.8, 4) is 5.69 Å². The maximum Gasteiger partial charge on any atom is 0.105 e. The van der Waals surface area contributed by atoms with Gasteiger partial charge in [0.15, 0.2) is 0 Å². The van der Waals surface area contributed by atoms with Gasteiger partial charge in [0.05, 0.1) is 30.2 Å². The molecule has 0 unspecified atom stereocenters. The predicted octanol–water partition coefficient (Wildman–Crippen LogP) is 0.740. The Labute approximate surface area is 79.9 Å². The zero-order chi connectivity index (χ0) is 9.26. The minimum Gasteiger partial charge on any atom is -0.274 e. The minimum atomic E-state index is 0.391. The molecule has 0 aromatic carbocycles. The lowest BCUT2D eigenvalue weighted by molar-refractivity contribution is 0.759. The molecular weight excluding hydrogens is 190 g/mol. The molecule has 0 fully saturated rings. The number of aryl methyl sites for hydroxylation is 1. The summed E-state index contributed by atoms with van der Waals surface area (Å²) in [6.45, 7) is 0. The molecule has 0 atom stereocenters. The summed E-state index contributed by atoms with van der Waals surface area (Å²) in [4.78, 5) is 0. The van der Waals surface area contributed by atoms with Gasteiger partial charge in [-0.15, -0.1) is 16.7 Å². The predicted molar refractivity (Wildman–Crippen MR) is 47.7 cm³/mol. The number of rotatable bonds is 2. The topological polar surface area (TPSA) is 48.5 Å². The molecule has 0 radical (unpaired) electrons. The van der Waals surface area contributed by atoms with Crippen molar-refractivity contribution in [2.45, 2.75) is 5.88 Å². The Bertz CT molecular complexity index is 404. The molecule has 0 saturated heterocycles. The van der Waals surface area contributed by atoms with E-state index in [4.69, 9.17) is 11.6 Å². The summed E-state index contributed by atoms with van der Waals surface area (Å²) in [5.74, 6) is 0.391. The van der Waals surface area contributed by atoms with Gasteiger partial charge in [0.25, 0.3) is 0 Å².